The molecule has 1 aromatic carbocycles. The molecule has 0 aliphatic rings. The third-order valence-electron chi connectivity index (χ3n) is 3.86. The number of nitrogens with zero attached hydrogens (tertiary/aromatic N) is 4. The van der Waals surface area contributed by atoms with Crippen LogP contribution in [0.15, 0.2) is 45.6 Å². The predicted octanol–water partition coefficient (Wildman–Crippen LogP) is 4.64. The zero-order valence-electron chi connectivity index (χ0n) is 13.9. The molecule has 0 aliphatic heterocycles. The number of halogens is 3. The van der Waals surface area contributed by atoms with Crippen molar-refractivity contribution < 1.29 is 4.79 Å². The molecule has 136 valence electrons. The van der Waals surface area contributed by atoms with E-state index in [1.54, 1.807) is 15.6 Å². The Morgan fingerprint density at radius 3 is 2.73 bits per heavy atom. The summed E-state index contributed by atoms with van der Waals surface area (Å²) in [5.41, 5.74) is 1.95. The first kappa shape index (κ1) is 19.1. The average Bonchev–Trinajstić information content (AvgIpc) is 3.11. The molecule has 6 nitrogen and oxygen atoms in total. The number of rotatable bonds is 6. The van der Waals surface area contributed by atoms with Crippen LogP contribution in [0, 0.1) is 6.92 Å². The second kappa shape index (κ2) is 8.37. The van der Waals surface area contributed by atoms with Crippen molar-refractivity contribution in [1.82, 2.24) is 19.6 Å². The molecule has 0 bridgehead atoms. The van der Waals surface area contributed by atoms with Crippen molar-refractivity contribution in [2.24, 2.45) is 0 Å². The summed E-state index contributed by atoms with van der Waals surface area (Å²) in [5, 5.41) is 12.1. The number of carbonyl (C=O) groups excluding carboxylic acids is 1. The number of aromatic nitrogens is 4. The van der Waals surface area contributed by atoms with E-state index in [0.29, 0.717) is 30.4 Å². The summed E-state index contributed by atoms with van der Waals surface area (Å²) >= 11 is 13.0. The Hall–Kier alpha value is -1.64. The summed E-state index contributed by atoms with van der Waals surface area (Å²) in [6.45, 7) is 2.97. The lowest BCUT2D eigenvalue weighted by atomic mass is 10.2. The van der Waals surface area contributed by atoms with Crippen molar-refractivity contribution in [1.29, 1.82) is 0 Å². The molecule has 9 heteroatoms. The first-order valence-electron chi connectivity index (χ1n) is 7.88. The van der Waals surface area contributed by atoms with Crippen molar-refractivity contribution in [3.63, 3.8) is 0 Å². The van der Waals surface area contributed by atoms with Crippen LogP contribution in [0.3, 0.4) is 0 Å². The Morgan fingerprint density at radius 1 is 1.27 bits per heavy atom. The van der Waals surface area contributed by atoms with E-state index in [1.807, 2.05) is 37.4 Å². The molecule has 26 heavy (non-hydrogen) atoms. The maximum absolute atomic E-state index is 12.2. The lowest BCUT2D eigenvalue weighted by Gasteiger charge is -2.06. The predicted molar refractivity (Wildman–Crippen MR) is 108 cm³/mol. The van der Waals surface area contributed by atoms with Gasteiger partial charge < -0.3 is 5.32 Å². The van der Waals surface area contributed by atoms with E-state index in [0.717, 1.165) is 20.2 Å². The molecule has 0 fully saturated rings. The normalized spacial score (nSPS) is 10.9. The second-order valence-electron chi connectivity index (χ2n) is 5.71. The molecule has 2 aromatic heterocycles. The van der Waals surface area contributed by atoms with Crippen LogP contribution in [0.4, 0.5) is 5.82 Å². The van der Waals surface area contributed by atoms with Crippen LogP contribution in [0.2, 0.25) is 5.02 Å². The zero-order valence-corrected chi connectivity index (χ0v) is 17.8. The lowest BCUT2D eigenvalue weighted by molar-refractivity contribution is -0.116. The highest BCUT2D eigenvalue weighted by Crippen LogP contribution is 2.23. The molecular weight excluding hydrogens is 485 g/mol. The number of hydrogen-bond acceptors (Lipinski definition) is 3. The molecule has 0 saturated heterocycles. The van der Waals surface area contributed by atoms with E-state index in [-0.39, 0.29) is 5.91 Å². The standard InChI is InChI=1S/C17H16Br2ClN5O/c1-11-13(18)8-21-25(11)7-6-16(26)22-17-14(19)10-24(23-17)9-12-4-2-3-5-15(12)20/h2-5,8,10H,6-7,9H2,1H3,(H,22,23,26). The van der Waals surface area contributed by atoms with E-state index < -0.39 is 0 Å². The fourth-order valence-corrected chi connectivity index (χ4v) is 3.32. The lowest BCUT2D eigenvalue weighted by Crippen LogP contribution is -2.16. The third-order valence-corrected chi connectivity index (χ3v) is 5.59. The van der Waals surface area contributed by atoms with E-state index >= 15 is 0 Å². The van der Waals surface area contributed by atoms with E-state index in [1.165, 1.54) is 0 Å². The Morgan fingerprint density at radius 2 is 2.04 bits per heavy atom. The molecule has 0 atom stereocenters. The van der Waals surface area contributed by atoms with E-state index in [4.69, 9.17) is 11.6 Å². The minimum Gasteiger partial charge on any atom is -0.308 e. The van der Waals surface area contributed by atoms with Crippen LogP contribution < -0.4 is 5.32 Å². The summed E-state index contributed by atoms with van der Waals surface area (Å²) in [6, 6.07) is 7.60. The van der Waals surface area contributed by atoms with Gasteiger partial charge in [-0.3, -0.25) is 14.2 Å². The van der Waals surface area contributed by atoms with Crippen LogP contribution >= 0.6 is 43.5 Å². The summed E-state index contributed by atoms with van der Waals surface area (Å²) in [4.78, 5) is 12.2. The molecule has 0 saturated carbocycles. The van der Waals surface area contributed by atoms with Crippen LogP contribution in [0.5, 0.6) is 0 Å². The maximum Gasteiger partial charge on any atom is 0.227 e. The highest BCUT2D eigenvalue weighted by Gasteiger charge is 2.12. The molecule has 1 N–H and O–H groups in total. The summed E-state index contributed by atoms with van der Waals surface area (Å²) in [5.74, 6) is 0.361. The highest BCUT2D eigenvalue weighted by molar-refractivity contribution is 9.10. The number of aryl methyl sites for hydroxylation is 1. The third kappa shape index (κ3) is 4.55. The van der Waals surface area contributed by atoms with Crippen molar-refractivity contribution in [2.75, 3.05) is 5.32 Å². The second-order valence-corrected chi connectivity index (χ2v) is 7.83. The Labute approximate surface area is 172 Å². The number of hydrogen-bond donors (Lipinski definition) is 1. The molecule has 0 unspecified atom stereocenters. The Bertz CT molecular complexity index is 937. The van der Waals surface area contributed by atoms with Gasteiger partial charge in [0.05, 0.1) is 28.2 Å². The van der Waals surface area contributed by atoms with Crippen LogP contribution in [-0.2, 0) is 17.9 Å². The van der Waals surface area contributed by atoms with Gasteiger partial charge in [0.25, 0.3) is 0 Å². The molecule has 1 amide bonds. The van der Waals surface area contributed by atoms with Crippen molar-refractivity contribution in [3.8, 4) is 0 Å². The van der Waals surface area contributed by atoms with Crippen molar-refractivity contribution in [3.05, 3.63) is 61.9 Å². The van der Waals surface area contributed by atoms with Gasteiger partial charge in [-0.15, -0.1) is 0 Å². The van der Waals surface area contributed by atoms with Gasteiger partial charge in [-0.1, -0.05) is 29.8 Å². The maximum atomic E-state index is 12.2. The van der Waals surface area contributed by atoms with Gasteiger partial charge in [-0.2, -0.15) is 10.2 Å². The first-order valence-corrected chi connectivity index (χ1v) is 9.84. The van der Waals surface area contributed by atoms with Gasteiger partial charge >= 0.3 is 0 Å². The van der Waals surface area contributed by atoms with Gasteiger partial charge in [0.15, 0.2) is 5.82 Å². The summed E-state index contributed by atoms with van der Waals surface area (Å²) in [7, 11) is 0. The van der Waals surface area contributed by atoms with E-state index in [9.17, 15) is 4.79 Å². The molecule has 3 rings (SSSR count). The number of benzene rings is 1. The van der Waals surface area contributed by atoms with Gasteiger partial charge in [0.2, 0.25) is 5.91 Å². The highest BCUT2D eigenvalue weighted by atomic mass is 79.9. The SMILES string of the molecule is Cc1c(Br)cnn1CCC(=O)Nc1nn(Cc2ccccc2Cl)cc1Br. The van der Waals surface area contributed by atoms with Crippen LogP contribution in [0.25, 0.3) is 0 Å². The minimum absolute atomic E-state index is 0.125. The summed E-state index contributed by atoms with van der Waals surface area (Å²) < 4.78 is 5.17. The summed E-state index contributed by atoms with van der Waals surface area (Å²) in [6.07, 6.45) is 3.84. The molecule has 0 aliphatic carbocycles. The molecule has 2 heterocycles. The van der Waals surface area contributed by atoms with Gasteiger partial charge in [-0.25, -0.2) is 0 Å². The molecule has 0 spiro atoms. The van der Waals surface area contributed by atoms with Crippen LogP contribution in [0.1, 0.15) is 17.7 Å². The smallest absolute Gasteiger partial charge is 0.227 e. The Kier molecular flexibility index (Phi) is 6.16. The monoisotopic (exact) mass is 499 g/mol. The van der Waals surface area contributed by atoms with Crippen molar-refractivity contribution in [2.45, 2.75) is 26.4 Å². The zero-order chi connectivity index (χ0) is 18.7. The van der Waals surface area contributed by atoms with Crippen LogP contribution in [-0.4, -0.2) is 25.5 Å². The first-order chi connectivity index (χ1) is 12.4. The molecular formula is C17H16Br2ClN5O. The van der Waals surface area contributed by atoms with Gasteiger partial charge in [-0.05, 0) is 50.4 Å². The number of amides is 1. The number of carbonyl (C=O) groups is 1. The number of anilines is 1. The topological polar surface area (TPSA) is 64.7 Å². The minimum atomic E-state index is -0.125. The fraction of sp³-hybridized carbons (Fsp3) is 0.235. The fourth-order valence-electron chi connectivity index (χ4n) is 2.42. The largest absolute Gasteiger partial charge is 0.308 e. The van der Waals surface area contributed by atoms with Gasteiger partial charge in [0, 0.05) is 23.3 Å². The molecule has 0 radical (unpaired) electrons. The Balaban J connectivity index is 1.61. The van der Waals surface area contributed by atoms with E-state index in [2.05, 4.69) is 47.4 Å². The van der Waals surface area contributed by atoms with Gasteiger partial charge in [0.1, 0.15) is 0 Å². The number of nitrogens with one attached hydrogen (secondary N) is 1. The van der Waals surface area contributed by atoms with Crippen molar-refractivity contribution >= 4 is 55.2 Å². The quantitative estimate of drug-likeness (QED) is 0.535. The molecule has 3 aromatic rings. The average molecular weight is 502 g/mol.